The summed E-state index contributed by atoms with van der Waals surface area (Å²) in [6.45, 7) is 1.86. The van der Waals surface area contributed by atoms with Crippen LogP contribution >= 0.6 is 11.8 Å². The number of hydrogen-bond donors (Lipinski definition) is 2. The first-order chi connectivity index (χ1) is 11.4. The molecule has 2 rings (SSSR count). The van der Waals surface area contributed by atoms with Gasteiger partial charge in [0.05, 0.1) is 10.9 Å². The Balaban J connectivity index is 1.83. The van der Waals surface area contributed by atoms with Crippen molar-refractivity contribution in [2.45, 2.75) is 29.2 Å². The molecule has 0 saturated heterocycles. The Bertz CT molecular complexity index is 775. The monoisotopic (exact) mass is 364 g/mol. The van der Waals surface area contributed by atoms with Gasteiger partial charge in [-0.15, -0.1) is 11.8 Å². The van der Waals surface area contributed by atoms with Crippen molar-refractivity contribution < 1.29 is 13.2 Å². The minimum Gasteiger partial charge on any atom is -0.350 e. The molecule has 0 fully saturated rings. The van der Waals surface area contributed by atoms with E-state index in [1.807, 2.05) is 37.3 Å². The Morgan fingerprint density at radius 2 is 1.75 bits per heavy atom. The van der Waals surface area contributed by atoms with Gasteiger partial charge in [-0.3, -0.25) is 4.79 Å². The summed E-state index contributed by atoms with van der Waals surface area (Å²) >= 11 is 1.63. The fraction of sp³-hybridized carbons (Fsp3) is 0.235. The predicted octanol–water partition coefficient (Wildman–Crippen LogP) is 2.69. The van der Waals surface area contributed by atoms with Crippen LogP contribution in [0.1, 0.15) is 24.9 Å². The van der Waals surface area contributed by atoms with Crippen LogP contribution in [0.25, 0.3) is 0 Å². The minimum absolute atomic E-state index is 0.0403. The van der Waals surface area contributed by atoms with Crippen molar-refractivity contribution in [2.75, 3.05) is 5.75 Å². The van der Waals surface area contributed by atoms with Crippen molar-refractivity contribution >= 4 is 27.7 Å². The number of rotatable bonds is 7. The SMILES string of the molecule is CC(NC(=O)CCSc1ccccc1)c1ccc(S(N)(=O)=O)cc1. The predicted molar refractivity (Wildman–Crippen MR) is 96.2 cm³/mol. The first kappa shape index (κ1) is 18.5. The molecule has 1 amide bonds. The topological polar surface area (TPSA) is 89.3 Å². The highest BCUT2D eigenvalue weighted by molar-refractivity contribution is 7.99. The minimum atomic E-state index is -3.70. The van der Waals surface area contributed by atoms with Crippen molar-refractivity contribution in [3.63, 3.8) is 0 Å². The van der Waals surface area contributed by atoms with Crippen LogP contribution in [0.2, 0.25) is 0 Å². The van der Waals surface area contributed by atoms with Gasteiger partial charge in [-0.05, 0) is 36.8 Å². The molecule has 0 bridgehead atoms. The van der Waals surface area contributed by atoms with E-state index in [-0.39, 0.29) is 16.8 Å². The summed E-state index contributed by atoms with van der Waals surface area (Å²) in [6.07, 6.45) is 0.416. The Morgan fingerprint density at radius 3 is 2.33 bits per heavy atom. The zero-order chi connectivity index (χ0) is 17.6. The summed E-state index contributed by atoms with van der Waals surface area (Å²) in [6, 6.07) is 15.9. The summed E-state index contributed by atoms with van der Waals surface area (Å²) in [5.74, 6) is 0.661. The van der Waals surface area contributed by atoms with Gasteiger partial charge in [-0.2, -0.15) is 0 Å². The molecule has 0 aliphatic rings. The molecule has 24 heavy (non-hydrogen) atoms. The molecule has 0 aromatic heterocycles. The molecule has 5 nitrogen and oxygen atoms in total. The molecule has 128 valence electrons. The molecule has 2 aromatic rings. The quantitative estimate of drug-likeness (QED) is 0.739. The van der Waals surface area contributed by atoms with Crippen LogP contribution in [-0.2, 0) is 14.8 Å². The molecule has 0 heterocycles. The molecule has 1 atom stereocenters. The molecule has 0 aliphatic heterocycles. The molecular formula is C17H20N2O3S2. The van der Waals surface area contributed by atoms with Crippen LogP contribution in [0.3, 0.4) is 0 Å². The van der Waals surface area contributed by atoms with Gasteiger partial charge in [-0.25, -0.2) is 13.6 Å². The van der Waals surface area contributed by atoms with Gasteiger partial charge in [0.25, 0.3) is 0 Å². The van der Waals surface area contributed by atoms with Crippen LogP contribution in [0.4, 0.5) is 0 Å². The van der Waals surface area contributed by atoms with Crippen LogP contribution in [0.5, 0.6) is 0 Å². The van der Waals surface area contributed by atoms with E-state index in [0.717, 1.165) is 10.5 Å². The van der Waals surface area contributed by atoms with Gasteiger partial charge in [-0.1, -0.05) is 30.3 Å². The largest absolute Gasteiger partial charge is 0.350 e. The molecule has 2 aromatic carbocycles. The third kappa shape index (κ3) is 5.67. The summed E-state index contributed by atoms with van der Waals surface area (Å²) in [7, 11) is -3.70. The average molecular weight is 364 g/mol. The third-order valence-corrected chi connectivity index (χ3v) is 5.37. The lowest BCUT2D eigenvalue weighted by atomic mass is 10.1. The average Bonchev–Trinajstić information content (AvgIpc) is 2.55. The number of benzene rings is 2. The highest BCUT2D eigenvalue weighted by atomic mass is 32.2. The van der Waals surface area contributed by atoms with Gasteiger partial charge >= 0.3 is 0 Å². The number of nitrogens with two attached hydrogens (primary N) is 1. The lowest BCUT2D eigenvalue weighted by Gasteiger charge is -2.14. The number of amides is 1. The van der Waals surface area contributed by atoms with Crippen molar-refractivity contribution in [3.8, 4) is 0 Å². The molecule has 0 radical (unpaired) electrons. The zero-order valence-electron chi connectivity index (χ0n) is 13.3. The third-order valence-electron chi connectivity index (χ3n) is 3.43. The van der Waals surface area contributed by atoms with E-state index in [1.54, 1.807) is 23.9 Å². The smallest absolute Gasteiger partial charge is 0.238 e. The number of thioether (sulfide) groups is 1. The van der Waals surface area contributed by atoms with E-state index in [4.69, 9.17) is 5.14 Å². The van der Waals surface area contributed by atoms with Gasteiger partial charge < -0.3 is 5.32 Å². The number of carbonyl (C=O) groups is 1. The van der Waals surface area contributed by atoms with E-state index in [1.165, 1.54) is 12.1 Å². The Morgan fingerprint density at radius 1 is 1.12 bits per heavy atom. The second-order valence-electron chi connectivity index (χ2n) is 5.31. The van der Waals surface area contributed by atoms with Crippen LogP contribution < -0.4 is 10.5 Å². The lowest BCUT2D eigenvalue weighted by Crippen LogP contribution is -2.26. The van der Waals surface area contributed by atoms with Gasteiger partial charge in [0.2, 0.25) is 15.9 Å². The van der Waals surface area contributed by atoms with Crippen LogP contribution in [-0.4, -0.2) is 20.1 Å². The van der Waals surface area contributed by atoms with Crippen molar-refractivity contribution in [1.82, 2.24) is 5.32 Å². The van der Waals surface area contributed by atoms with Crippen molar-refractivity contribution in [1.29, 1.82) is 0 Å². The van der Waals surface area contributed by atoms with Gasteiger partial charge in [0.1, 0.15) is 0 Å². The van der Waals surface area contributed by atoms with E-state index in [2.05, 4.69) is 5.32 Å². The fourth-order valence-corrected chi connectivity index (χ4v) is 3.51. The number of primary sulfonamides is 1. The fourth-order valence-electron chi connectivity index (χ4n) is 2.12. The molecule has 3 N–H and O–H groups in total. The molecule has 7 heteroatoms. The Kier molecular flexibility index (Phi) is 6.42. The number of hydrogen-bond acceptors (Lipinski definition) is 4. The molecular weight excluding hydrogens is 344 g/mol. The maximum atomic E-state index is 12.0. The highest BCUT2D eigenvalue weighted by Gasteiger charge is 2.12. The van der Waals surface area contributed by atoms with E-state index in [9.17, 15) is 13.2 Å². The molecule has 0 spiro atoms. The number of sulfonamides is 1. The van der Waals surface area contributed by atoms with E-state index in [0.29, 0.717) is 12.2 Å². The van der Waals surface area contributed by atoms with Crippen LogP contribution in [0.15, 0.2) is 64.4 Å². The first-order valence-corrected chi connectivity index (χ1v) is 9.99. The zero-order valence-corrected chi connectivity index (χ0v) is 14.9. The second-order valence-corrected chi connectivity index (χ2v) is 8.04. The lowest BCUT2D eigenvalue weighted by molar-refractivity contribution is -0.121. The second kappa shape index (κ2) is 8.32. The maximum Gasteiger partial charge on any atom is 0.238 e. The van der Waals surface area contributed by atoms with Crippen molar-refractivity contribution in [3.05, 3.63) is 60.2 Å². The summed E-state index contributed by atoms with van der Waals surface area (Å²) < 4.78 is 22.5. The Hall–Kier alpha value is -1.83. The summed E-state index contributed by atoms with van der Waals surface area (Å²) in [5, 5.41) is 7.97. The number of nitrogens with one attached hydrogen (secondary N) is 1. The molecule has 1 unspecified atom stereocenters. The Labute approximate surface area is 146 Å². The summed E-state index contributed by atoms with van der Waals surface area (Å²) in [4.78, 5) is 13.2. The molecule has 0 aliphatic carbocycles. The van der Waals surface area contributed by atoms with E-state index < -0.39 is 10.0 Å². The standard InChI is InChI=1S/C17H20N2O3S2/c1-13(14-7-9-16(10-8-14)24(18,21)22)19-17(20)11-12-23-15-5-3-2-4-6-15/h2-10,13H,11-12H2,1H3,(H,19,20)(H2,18,21,22). The van der Waals surface area contributed by atoms with Gasteiger partial charge in [0, 0.05) is 17.1 Å². The van der Waals surface area contributed by atoms with E-state index >= 15 is 0 Å². The van der Waals surface area contributed by atoms with Crippen LogP contribution in [0, 0.1) is 0 Å². The highest BCUT2D eigenvalue weighted by Crippen LogP contribution is 2.19. The summed E-state index contributed by atoms with van der Waals surface area (Å²) in [5.41, 5.74) is 0.825. The number of carbonyl (C=O) groups excluding carboxylic acids is 1. The van der Waals surface area contributed by atoms with Crippen molar-refractivity contribution in [2.24, 2.45) is 5.14 Å². The first-order valence-electron chi connectivity index (χ1n) is 7.46. The van der Waals surface area contributed by atoms with Gasteiger partial charge in [0.15, 0.2) is 0 Å². The normalized spacial score (nSPS) is 12.6. The molecule has 0 saturated carbocycles. The maximum absolute atomic E-state index is 12.0.